The average molecular weight is 356 g/mol. The van der Waals surface area contributed by atoms with Crippen LogP contribution in [0.25, 0.3) is 0 Å². The zero-order valence-electron chi connectivity index (χ0n) is 13.8. The van der Waals surface area contributed by atoms with Gasteiger partial charge in [0.1, 0.15) is 0 Å². The van der Waals surface area contributed by atoms with E-state index in [1.165, 1.54) is 18.2 Å². The Kier molecular flexibility index (Phi) is 4.92. The van der Waals surface area contributed by atoms with Gasteiger partial charge >= 0.3 is 5.97 Å². The molecule has 4 amide bonds. The number of carbonyl (C=O) groups excluding carboxylic acids is 5. The largest absolute Gasteiger partial charge is 0.363 e. The van der Waals surface area contributed by atoms with Crippen molar-refractivity contribution >= 4 is 29.6 Å². The molecule has 134 valence electrons. The highest BCUT2D eigenvalue weighted by molar-refractivity contribution is 6.12. The van der Waals surface area contributed by atoms with Gasteiger partial charge in [0.15, 0.2) is 0 Å². The van der Waals surface area contributed by atoms with Gasteiger partial charge in [-0.2, -0.15) is 0 Å². The van der Waals surface area contributed by atoms with Crippen molar-refractivity contribution in [3.63, 3.8) is 0 Å². The van der Waals surface area contributed by atoms with E-state index in [2.05, 4.69) is 0 Å². The van der Waals surface area contributed by atoms with E-state index in [1.807, 2.05) is 0 Å². The van der Waals surface area contributed by atoms with Gasteiger partial charge < -0.3 is 4.84 Å². The van der Waals surface area contributed by atoms with Crippen molar-refractivity contribution in [3.8, 4) is 0 Å². The van der Waals surface area contributed by atoms with Crippen molar-refractivity contribution in [2.75, 3.05) is 6.54 Å². The summed E-state index contributed by atoms with van der Waals surface area (Å²) in [5, 5.41) is 0.507. The van der Waals surface area contributed by atoms with E-state index in [0.29, 0.717) is 17.9 Å². The molecule has 0 atom stereocenters. The van der Waals surface area contributed by atoms with E-state index in [0.717, 1.165) is 10.5 Å². The molecule has 3 rings (SSSR count). The molecule has 0 aliphatic carbocycles. The van der Waals surface area contributed by atoms with Crippen LogP contribution in [0.5, 0.6) is 0 Å². The van der Waals surface area contributed by atoms with Gasteiger partial charge in [-0.3, -0.25) is 24.1 Å². The van der Waals surface area contributed by atoms with Gasteiger partial charge in [0, 0.05) is 31.5 Å². The molecular formula is C18H16N2O6. The number of hydrogen-bond donors (Lipinski definition) is 0. The Morgan fingerprint density at radius 1 is 1.00 bits per heavy atom. The molecule has 2 aliphatic heterocycles. The van der Waals surface area contributed by atoms with Crippen molar-refractivity contribution in [1.82, 2.24) is 9.96 Å². The number of benzene rings is 1. The van der Waals surface area contributed by atoms with Crippen LogP contribution < -0.4 is 0 Å². The smallest absolute Gasteiger partial charge is 0.325 e. The van der Waals surface area contributed by atoms with Crippen LogP contribution in [0.4, 0.5) is 0 Å². The summed E-state index contributed by atoms with van der Waals surface area (Å²) in [5.74, 6) is -2.51. The Balaban J connectivity index is 1.57. The van der Waals surface area contributed by atoms with E-state index in [9.17, 15) is 24.0 Å². The molecule has 0 spiro atoms. The van der Waals surface area contributed by atoms with Crippen molar-refractivity contribution in [3.05, 3.63) is 47.5 Å². The molecule has 0 aromatic heterocycles. The lowest BCUT2D eigenvalue weighted by molar-refractivity contribution is -0.172. The summed E-state index contributed by atoms with van der Waals surface area (Å²) in [5.41, 5.74) is 1.02. The average Bonchev–Trinajstić information content (AvgIpc) is 3.12. The first-order chi connectivity index (χ1) is 12.5. The molecular weight excluding hydrogens is 340 g/mol. The SMILES string of the molecule is O=C(ON1C(=O)CCC1=O)c1cccc(CCCN2C(=O)C=CC2=O)c1. The lowest BCUT2D eigenvalue weighted by Gasteiger charge is -2.14. The van der Waals surface area contributed by atoms with Gasteiger partial charge in [-0.25, -0.2) is 4.79 Å². The summed E-state index contributed by atoms with van der Waals surface area (Å²) >= 11 is 0. The van der Waals surface area contributed by atoms with Crippen molar-refractivity contribution in [2.24, 2.45) is 0 Å². The molecule has 0 bridgehead atoms. The number of nitrogens with zero attached hydrogens (tertiary/aromatic N) is 2. The highest BCUT2D eigenvalue weighted by Crippen LogP contribution is 2.16. The number of hydrogen-bond acceptors (Lipinski definition) is 6. The van der Waals surface area contributed by atoms with E-state index in [4.69, 9.17) is 4.84 Å². The molecule has 0 unspecified atom stereocenters. The highest BCUT2D eigenvalue weighted by Gasteiger charge is 2.33. The maximum Gasteiger partial charge on any atom is 0.363 e. The number of carbonyl (C=O) groups is 5. The third-order valence-corrected chi connectivity index (χ3v) is 4.09. The fraction of sp³-hybridized carbons (Fsp3) is 0.278. The lowest BCUT2D eigenvalue weighted by Crippen LogP contribution is -2.32. The summed E-state index contributed by atoms with van der Waals surface area (Å²) in [7, 11) is 0. The minimum atomic E-state index is -0.787. The number of aryl methyl sites for hydroxylation is 1. The topological polar surface area (TPSA) is 101 Å². The summed E-state index contributed by atoms with van der Waals surface area (Å²) in [4.78, 5) is 64.1. The zero-order valence-corrected chi connectivity index (χ0v) is 13.8. The number of imide groups is 2. The van der Waals surface area contributed by atoms with Crippen LogP contribution in [-0.4, -0.2) is 46.1 Å². The first-order valence-electron chi connectivity index (χ1n) is 8.16. The van der Waals surface area contributed by atoms with Gasteiger partial charge in [0.2, 0.25) is 0 Å². The van der Waals surface area contributed by atoms with Gasteiger partial charge in [0.05, 0.1) is 5.56 Å². The molecule has 2 aliphatic rings. The molecule has 1 aromatic rings. The Hall–Kier alpha value is -3.29. The second kappa shape index (κ2) is 7.30. The lowest BCUT2D eigenvalue weighted by atomic mass is 10.1. The number of amides is 4. The minimum absolute atomic E-state index is 0.0367. The van der Waals surface area contributed by atoms with E-state index >= 15 is 0 Å². The van der Waals surface area contributed by atoms with E-state index in [-0.39, 0.29) is 36.8 Å². The van der Waals surface area contributed by atoms with Crippen LogP contribution in [0.2, 0.25) is 0 Å². The molecule has 8 nitrogen and oxygen atoms in total. The summed E-state index contributed by atoms with van der Waals surface area (Å²) in [6, 6.07) is 6.58. The van der Waals surface area contributed by atoms with Gasteiger partial charge in [0.25, 0.3) is 23.6 Å². The molecule has 0 radical (unpaired) electrons. The number of hydroxylamine groups is 2. The van der Waals surface area contributed by atoms with Crippen LogP contribution in [0.1, 0.15) is 35.2 Å². The van der Waals surface area contributed by atoms with Crippen molar-refractivity contribution in [1.29, 1.82) is 0 Å². The van der Waals surface area contributed by atoms with Crippen LogP contribution in [0.3, 0.4) is 0 Å². The maximum atomic E-state index is 12.1. The Morgan fingerprint density at radius 2 is 1.65 bits per heavy atom. The molecule has 2 heterocycles. The summed E-state index contributed by atoms with van der Waals surface area (Å²) in [6.07, 6.45) is 3.63. The van der Waals surface area contributed by atoms with Crippen LogP contribution in [0.15, 0.2) is 36.4 Å². The normalized spacial score (nSPS) is 16.8. The predicted molar refractivity (Wildman–Crippen MR) is 87.1 cm³/mol. The third kappa shape index (κ3) is 3.69. The van der Waals surface area contributed by atoms with Crippen LogP contribution in [0, 0.1) is 0 Å². The second-order valence-electron chi connectivity index (χ2n) is 5.93. The van der Waals surface area contributed by atoms with Crippen LogP contribution >= 0.6 is 0 Å². The Bertz CT molecular complexity index is 795. The Labute approximate surface area is 149 Å². The van der Waals surface area contributed by atoms with Crippen molar-refractivity contribution < 1.29 is 28.8 Å². The van der Waals surface area contributed by atoms with Gasteiger partial charge in [-0.05, 0) is 30.5 Å². The fourth-order valence-electron chi connectivity index (χ4n) is 2.74. The molecule has 1 saturated heterocycles. The fourth-order valence-corrected chi connectivity index (χ4v) is 2.74. The molecule has 8 heteroatoms. The number of rotatable bonds is 6. The highest BCUT2D eigenvalue weighted by atomic mass is 16.7. The van der Waals surface area contributed by atoms with Crippen molar-refractivity contribution in [2.45, 2.75) is 25.7 Å². The predicted octanol–water partition coefficient (Wildman–Crippen LogP) is 0.765. The quantitative estimate of drug-likeness (QED) is 0.698. The maximum absolute atomic E-state index is 12.1. The second-order valence-corrected chi connectivity index (χ2v) is 5.93. The van der Waals surface area contributed by atoms with Crippen LogP contribution in [-0.2, 0) is 30.4 Å². The third-order valence-electron chi connectivity index (χ3n) is 4.09. The first kappa shape index (κ1) is 17.5. The zero-order chi connectivity index (χ0) is 18.7. The molecule has 1 aromatic carbocycles. The van der Waals surface area contributed by atoms with Gasteiger partial charge in [-0.15, -0.1) is 5.06 Å². The van der Waals surface area contributed by atoms with E-state index in [1.54, 1.807) is 18.2 Å². The monoisotopic (exact) mass is 356 g/mol. The Morgan fingerprint density at radius 3 is 2.31 bits per heavy atom. The summed E-state index contributed by atoms with van der Waals surface area (Å²) < 4.78 is 0. The minimum Gasteiger partial charge on any atom is -0.325 e. The molecule has 0 saturated carbocycles. The standard InChI is InChI=1S/C18H16N2O6/c21-14-6-7-15(22)19(14)10-2-4-12-3-1-5-13(11-12)18(25)26-20-16(23)8-9-17(20)24/h1,3,5-7,11H,2,4,8-10H2. The van der Waals surface area contributed by atoms with E-state index < -0.39 is 17.8 Å². The molecule has 26 heavy (non-hydrogen) atoms. The van der Waals surface area contributed by atoms with Gasteiger partial charge in [-0.1, -0.05) is 12.1 Å². The molecule has 0 N–H and O–H groups in total. The summed E-state index contributed by atoms with van der Waals surface area (Å²) in [6.45, 7) is 0.288. The first-order valence-corrected chi connectivity index (χ1v) is 8.16. The molecule has 1 fully saturated rings.